The Morgan fingerprint density at radius 3 is 2.62 bits per heavy atom. The lowest BCUT2D eigenvalue weighted by Crippen LogP contribution is -2.13. The van der Waals surface area contributed by atoms with Crippen molar-refractivity contribution >= 4 is 22.6 Å². The van der Waals surface area contributed by atoms with Crippen LogP contribution in [0.1, 0.15) is 35.9 Å². The molecule has 3 aromatic rings. The number of aryl methyl sites for hydroxylation is 1. The van der Waals surface area contributed by atoms with Crippen LogP contribution >= 0.6 is 0 Å². The summed E-state index contributed by atoms with van der Waals surface area (Å²) < 4.78 is 28.0. The fourth-order valence-electron chi connectivity index (χ4n) is 2.48. The van der Waals surface area contributed by atoms with Gasteiger partial charge >= 0.3 is 0 Å². The van der Waals surface area contributed by atoms with Crippen molar-refractivity contribution < 1.29 is 13.6 Å². The van der Waals surface area contributed by atoms with Gasteiger partial charge in [-0.2, -0.15) is 5.10 Å². The number of hydrogen-bond acceptors (Lipinski definition) is 3. The highest BCUT2D eigenvalue weighted by molar-refractivity contribution is 6.12. The Hall–Kier alpha value is -2.83. The third-order valence-corrected chi connectivity index (χ3v) is 3.61. The number of halogens is 2. The summed E-state index contributed by atoms with van der Waals surface area (Å²) in [6.45, 7) is 5.72. The minimum atomic E-state index is -1.02. The van der Waals surface area contributed by atoms with Crippen LogP contribution in [0, 0.1) is 18.6 Å². The second kappa shape index (κ2) is 5.99. The standard InChI is InChI=1S/C17H16F2N4O/c1-9(2)23-16-13(8-20-23)12(6-10(3)21-16)17(24)22-11-4-5-14(18)15(19)7-11/h4-9H,1-3H3,(H,22,24). The predicted octanol–water partition coefficient (Wildman–Crippen LogP) is 3.85. The highest BCUT2D eigenvalue weighted by Gasteiger charge is 2.17. The van der Waals surface area contributed by atoms with E-state index in [2.05, 4.69) is 15.4 Å². The summed E-state index contributed by atoms with van der Waals surface area (Å²) in [6, 6.07) is 4.95. The van der Waals surface area contributed by atoms with Crippen LogP contribution in [0.25, 0.3) is 11.0 Å². The molecular weight excluding hydrogens is 314 g/mol. The van der Waals surface area contributed by atoms with Gasteiger partial charge in [-0.25, -0.2) is 18.4 Å². The van der Waals surface area contributed by atoms with E-state index in [4.69, 9.17) is 0 Å². The van der Waals surface area contributed by atoms with Crippen LogP contribution in [0.4, 0.5) is 14.5 Å². The first kappa shape index (κ1) is 16.0. The topological polar surface area (TPSA) is 59.8 Å². The number of amides is 1. The Kier molecular flexibility index (Phi) is 4.01. The summed E-state index contributed by atoms with van der Waals surface area (Å²) in [7, 11) is 0. The van der Waals surface area contributed by atoms with E-state index in [0.717, 1.165) is 12.1 Å². The van der Waals surface area contributed by atoms with Gasteiger partial charge in [-0.3, -0.25) is 4.79 Å². The second-order valence-corrected chi connectivity index (χ2v) is 5.81. The molecular formula is C17H16F2N4O. The summed E-state index contributed by atoms with van der Waals surface area (Å²) in [5.74, 6) is -2.41. The molecule has 0 saturated carbocycles. The summed E-state index contributed by atoms with van der Waals surface area (Å²) >= 11 is 0. The molecule has 0 unspecified atom stereocenters. The van der Waals surface area contributed by atoms with E-state index in [-0.39, 0.29) is 11.7 Å². The molecule has 0 aliphatic carbocycles. The number of hydrogen-bond donors (Lipinski definition) is 1. The van der Waals surface area contributed by atoms with Gasteiger partial charge in [0.2, 0.25) is 0 Å². The number of benzene rings is 1. The number of nitrogens with zero attached hydrogens (tertiary/aromatic N) is 3. The zero-order chi connectivity index (χ0) is 17.4. The van der Waals surface area contributed by atoms with Crippen molar-refractivity contribution in [2.45, 2.75) is 26.8 Å². The molecule has 0 fully saturated rings. The Balaban J connectivity index is 2.01. The van der Waals surface area contributed by atoms with Gasteiger partial charge in [0.1, 0.15) is 0 Å². The Morgan fingerprint density at radius 2 is 1.96 bits per heavy atom. The van der Waals surface area contributed by atoms with Gasteiger partial charge in [0.05, 0.1) is 17.1 Å². The molecule has 0 bridgehead atoms. The number of anilines is 1. The molecule has 24 heavy (non-hydrogen) atoms. The lowest BCUT2D eigenvalue weighted by molar-refractivity contribution is 0.102. The van der Waals surface area contributed by atoms with E-state index in [1.165, 1.54) is 6.07 Å². The number of aromatic nitrogens is 3. The van der Waals surface area contributed by atoms with Gasteiger partial charge in [-0.15, -0.1) is 0 Å². The first-order chi connectivity index (χ1) is 11.4. The molecule has 5 nitrogen and oxygen atoms in total. The lowest BCUT2D eigenvalue weighted by Gasteiger charge is -2.09. The third kappa shape index (κ3) is 2.84. The number of pyridine rings is 1. The van der Waals surface area contributed by atoms with E-state index in [0.29, 0.717) is 22.3 Å². The summed E-state index contributed by atoms with van der Waals surface area (Å²) in [4.78, 5) is 17.0. The van der Waals surface area contributed by atoms with Gasteiger partial charge < -0.3 is 5.32 Å². The van der Waals surface area contributed by atoms with Crippen LogP contribution in [0.3, 0.4) is 0 Å². The maximum atomic E-state index is 13.3. The van der Waals surface area contributed by atoms with Crippen LogP contribution in [0.2, 0.25) is 0 Å². The highest BCUT2D eigenvalue weighted by Crippen LogP contribution is 2.22. The van der Waals surface area contributed by atoms with Crippen molar-refractivity contribution in [1.29, 1.82) is 0 Å². The predicted molar refractivity (Wildman–Crippen MR) is 87.0 cm³/mol. The van der Waals surface area contributed by atoms with Gasteiger partial charge in [-0.05, 0) is 39.0 Å². The Morgan fingerprint density at radius 1 is 1.21 bits per heavy atom. The van der Waals surface area contributed by atoms with E-state index in [9.17, 15) is 13.6 Å². The number of nitrogens with one attached hydrogen (secondary N) is 1. The quantitative estimate of drug-likeness (QED) is 0.793. The minimum absolute atomic E-state index is 0.0962. The molecule has 1 amide bonds. The molecule has 124 valence electrons. The maximum Gasteiger partial charge on any atom is 0.256 e. The van der Waals surface area contributed by atoms with Crippen LogP contribution in [-0.4, -0.2) is 20.7 Å². The molecule has 0 saturated heterocycles. The van der Waals surface area contributed by atoms with E-state index in [1.54, 1.807) is 23.9 Å². The normalized spacial score (nSPS) is 11.2. The van der Waals surface area contributed by atoms with Crippen LogP contribution in [0.5, 0.6) is 0 Å². The summed E-state index contributed by atoms with van der Waals surface area (Å²) in [6.07, 6.45) is 1.59. The minimum Gasteiger partial charge on any atom is -0.322 e. The van der Waals surface area contributed by atoms with E-state index in [1.807, 2.05) is 13.8 Å². The average molecular weight is 330 g/mol. The zero-order valence-corrected chi connectivity index (χ0v) is 13.5. The first-order valence-corrected chi connectivity index (χ1v) is 7.48. The maximum absolute atomic E-state index is 13.3. The largest absolute Gasteiger partial charge is 0.322 e. The monoisotopic (exact) mass is 330 g/mol. The molecule has 1 aromatic carbocycles. The van der Waals surface area contributed by atoms with Gasteiger partial charge in [0.25, 0.3) is 5.91 Å². The summed E-state index contributed by atoms with van der Waals surface area (Å²) in [5, 5.41) is 7.46. The molecule has 3 rings (SSSR count). The average Bonchev–Trinajstić information content (AvgIpc) is 2.93. The molecule has 7 heteroatoms. The van der Waals surface area contributed by atoms with Crippen molar-refractivity contribution in [3.05, 3.63) is 53.4 Å². The van der Waals surface area contributed by atoms with Crippen LogP contribution in [-0.2, 0) is 0 Å². The Bertz CT molecular complexity index is 934. The third-order valence-electron chi connectivity index (χ3n) is 3.61. The van der Waals surface area contributed by atoms with Crippen molar-refractivity contribution in [3.63, 3.8) is 0 Å². The number of carbonyl (C=O) groups excluding carboxylic acids is 1. The van der Waals surface area contributed by atoms with Gasteiger partial charge in [0, 0.05) is 23.5 Å². The van der Waals surface area contributed by atoms with Crippen molar-refractivity contribution in [3.8, 4) is 0 Å². The van der Waals surface area contributed by atoms with E-state index >= 15 is 0 Å². The smallest absolute Gasteiger partial charge is 0.256 e. The molecule has 1 N–H and O–H groups in total. The molecule has 0 atom stereocenters. The van der Waals surface area contributed by atoms with Crippen molar-refractivity contribution in [2.24, 2.45) is 0 Å². The van der Waals surface area contributed by atoms with Crippen LogP contribution in [0.15, 0.2) is 30.5 Å². The van der Waals surface area contributed by atoms with E-state index < -0.39 is 17.5 Å². The van der Waals surface area contributed by atoms with Gasteiger partial charge in [-0.1, -0.05) is 0 Å². The van der Waals surface area contributed by atoms with Crippen LogP contribution < -0.4 is 5.32 Å². The summed E-state index contributed by atoms with van der Waals surface area (Å²) in [5.41, 5.74) is 1.84. The zero-order valence-electron chi connectivity index (χ0n) is 13.5. The molecule has 0 radical (unpaired) electrons. The molecule has 0 spiro atoms. The fourth-order valence-corrected chi connectivity index (χ4v) is 2.48. The molecule has 0 aliphatic heterocycles. The second-order valence-electron chi connectivity index (χ2n) is 5.81. The number of fused-ring (bicyclic) bond motifs is 1. The molecule has 2 heterocycles. The molecule has 2 aromatic heterocycles. The number of carbonyl (C=O) groups is 1. The fraction of sp³-hybridized carbons (Fsp3) is 0.235. The number of rotatable bonds is 3. The lowest BCUT2D eigenvalue weighted by atomic mass is 10.1. The van der Waals surface area contributed by atoms with Crippen molar-refractivity contribution in [2.75, 3.05) is 5.32 Å². The van der Waals surface area contributed by atoms with Gasteiger partial charge in [0.15, 0.2) is 17.3 Å². The Labute approximate surface area is 137 Å². The highest BCUT2D eigenvalue weighted by atomic mass is 19.2. The SMILES string of the molecule is Cc1cc(C(=O)Nc2ccc(F)c(F)c2)c2cnn(C(C)C)c2n1. The first-order valence-electron chi connectivity index (χ1n) is 7.48. The van der Waals surface area contributed by atoms with Crippen molar-refractivity contribution in [1.82, 2.24) is 14.8 Å². The molecule has 0 aliphatic rings.